The molecule has 0 aromatic heterocycles. The van der Waals surface area contributed by atoms with Gasteiger partial charge in [0.2, 0.25) is 5.91 Å². The Balaban J connectivity index is 1.47. The Labute approximate surface area is 474 Å². The summed E-state index contributed by atoms with van der Waals surface area (Å²) >= 11 is 0. The largest absolute Gasteiger partial charge is 0.394 e. The molecule has 0 unspecified atom stereocenters. The molecule has 3 heterocycles. The summed E-state index contributed by atoms with van der Waals surface area (Å²) in [4.78, 5) is 13.3. The first-order valence-corrected chi connectivity index (χ1v) is 31.4. The molecule has 79 heavy (non-hydrogen) atoms. The molecular formula is C60H113NO18. The van der Waals surface area contributed by atoms with Gasteiger partial charge in [-0.2, -0.15) is 0 Å². The third kappa shape index (κ3) is 27.9. The van der Waals surface area contributed by atoms with Crippen LogP contribution in [-0.4, -0.2) is 193 Å². The number of carbonyl (C=O) groups is 1. The second kappa shape index (κ2) is 44.1. The zero-order chi connectivity index (χ0) is 57.6. The van der Waals surface area contributed by atoms with Crippen LogP contribution >= 0.6 is 0 Å². The van der Waals surface area contributed by atoms with Crippen molar-refractivity contribution in [3.63, 3.8) is 0 Å². The highest BCUT2D eigenvalue weighted by molar-refractivity contribution is 5.76. The first-order valence-electron chi connectivity index (χ1n) is 31.4. The molecule has 0 bridgehead atoms. The lowest BCUT2D eigenvalue weighted by atomic mass is 9.96. The molecule has 3 aliphatic heterocycles. The zero-order valence-electron chi connectivity index (χ0n) is 48.6. The minimum absolute atomic E-state index is 0.249. The molecule has 3 saturated heterocycles. The van der Waals surface area contributed by atoms with E-state index in [1.807, 2.05) is 6.08 Å². The zero-order valence-corrected chi connectivity index (χ0v) is 48.6. The third-order valence-corrected chi connectivity index (χ3v) is 16.1. The fraction of sp³-hybridized carbons (Fsp3) is 0.950. The van der Waals surface area contributed by atoms with Crippen molar-refractivity contribution in [3.05, 3.63) is 12.2 Å². The maximum absolute atomic E-state index is 13.3. The quantitative estimate of drug-likeness (QED) is 0.0240. The molecule has 3 fully saturated rings. The Morgan fingerprint density at radius 1 is 0.443 bits per heavy atom. The molecule has 466 valence electrons. The van der Waals surface area contributed by atoms with Crippen molar-refractivity contribution in [2.45, 2.75) is 336 Å². The summed E-state index contributed by atoms with van der Waals surface area (Å²) in [5, 5.41) is 120. The summed E-state index contributed by atoms with van der Waals surface area (Å²) in [6.07, 6.45) is 17.7. The van der Waals surface area contributed by atoms with E-state index in [-0.39, 0.29) is 18.9 Å². The van der Waals surface area contributed by atoms with Gasteiger partial charge in [0.15, 0.2) is 18.9 Å². The van der Waals surface area contributed by atoms with Crippen LogP contribution in [0.4, 0.5) is 0 Å². The molecule has 1 amide bonds. The molecule has 12 N–H and O–H groups in total. The Morgan fingerprint density at radius 3 is 1.19 bits per heavy atom. The van der Waals surface area contributed by atoms with Crippen molar-refractivity contribution in [1.82, 2.24) is 5.32 Å². The van der Waals surface area contributed by atoms with Gasteiger partial charge in [-0.1, -0.05) is 219 Å². The average Bonchev–Trinajstić information content (AvgIpc) is 3.56. The van der Waals surface area contributed by atoms with Gasteiger partial charge in [-0.05, 0) is 19.3 Å². The van der Waals surface area contributed by atoms with Crippen molar-refractivity contribution in [3.8, 4) is 0 Å². The van der Waals surface area contributed by atoms with Crippen LogP contribution in [0, 0.1) is 0 Å². The molecule has 0 saturated carbocycles. The van der Waals surface area contributed by atoms with Crippen LogP contribution in [0.5, 0.6) is 0 Å². The number of aliphatic hydroxyl groups is 11. The molecule has 17 atom stereocenters. The lowest BCUT2D eigenvalue weighted by Gasteiger charge is -2.48. The lowest BCUT2D eigenvalue weighted by Crippen LogP contribution is -2.66. The summed E-state index contributed by atoms with van der Waals surface area (Å²) in [6, 6.07) is -0.966. The van der Waals surface area contributed by atoms with Gasteiger partial charge in [0.1, 0.15) is 73.2 Å². The Kier molecular flexibility index (Phi) is 40.1. The highest BCUT2D eigenvalue weighted by atomic mass is 16.8. The van der Waals surface area contributed by atoms with E-state index in [0.717, 1.165) is 44.9 Å². The second-order valence-corrected chi connectivity index (χ2v) is 22.9. The lowest BCUT2D eigenvalue weighted by molar-refractivity contribution is -0.379. The molecule has 19 nitrogen and oxygen atoms in total. The normalized spacial score (nSPS) is 30.3. The second-order valence-electron chi connectivity index (χ2n) is 22.9. The average molecular weight is 1140 g/mol. The van der Waals surface area contributed by atoms with E-state index in [2.05, 4.69) is 19.2 Å². The van der Waals surface area contributed by atoms with Crippen molar-refractivity contribution < 1.29 is 89.4 Å². The maximum Gasteiger partial charge on any atom is 0.220 e. The molecule has 0 aromatic carbocycles. The van der Waals surface area contributed by atoms with Crippen LogP contribution in [0.25, 0.3) is 0 Å². The third-order valence-electron chi connectivity index (χ3n) is 16.1. The minimum Gasteiger partial charge on any atom is -0.394 e. The Morgan fingerprint density at radius 2 is 0.785 bits per heavy atom. The molecule has 0 aliphatic carbocycles. The van der Waals surface area contributed by atoms with Crippen molar-refractivity contribution in [1.29, 1.82) is 0 Å². The number of amides is 1. The molecule has 0 radical (unpaired) electrons. The fourth-order valence-corrected chi connectivity index (χ4v) is 10.9. The summed E-state index contributed by atoms with van der Waals surface area (Å²) in [6.45, 7) is 1.74. The van der Waals surface area contributed by atoms with E-state index in [1.165, 1.54) is 161 Å². The van der Waals surface area contributed by atoms with Crippen LogP contribution in [-0.2, 0) is 33.2 Å². The number of hydrogen-bond donors (Lipinski definition) is 12. The topological polar surface area (TPSA) is 307 Å². The van der Waals surface area contributed by atoms with Crippen LogP contribution in [0.2, 0.25) is 0 Å². The van der Waals surface area contributed by atoms with E-state index in [1.54, 1.807) is 6.08 Å². The molecule has 0 spiro atoms. The first-order chi connectivity index (χ1) is 38.3. The van der Waals surface area contributed by atoms with Gasteiger partial charge in [-0.15, -0.1) is 0 Å². The number of nitrogens with one attached hydrogen (secondary N) is 1. The molecular weight excluding hydrogens is 1020 g/mol. The van der Waals surface area contributed by atoms with Gasteiger partial charge < -0.3 is 89.9 Å². The molecule has 3 aliphatic rings. The first kappa shape index (κ1) is 71.8. The molecule has 3 rings (SSSR count). The summed E-state index contributed by atoms with van der Waals surface area (Å²) < 4.78 is 34.3. The minimum atomic E-state index is -1.97. The Hall–Kier alpha value is -1.47. The van der Waals surface area contributed by atoms with E-state index in [9.17, 15) is 61.0 Å². The number of rotatable bonds is 47. The van der Waals surface area contributed by atoms with Gasteiger partial charge in [0, 0.05) is 6.42 Å². The van der Waals surface area contributed by atoms with Gasteiger partial charge in [-0.25, -0.2) is 0 Å². The van der Waals surface area contributed by atoms with Crippen molar-refractivity contribution in [2.75, 3.05) is 26.4 Å². The van der Waals surface area contributed by atoms with Crippen LogP contribution < -0.4 is 5.32 Å². The van der Waals surface area contributed by atoms with Gasteiger partial charge >= 0.3 is 0 Å². The van der Waals surface area contributed by atoms with E-state index >= 15 is 0 Å². The molecule has 0 aromatic rings. The smallest absolute Gasteiger partial charge is 0.220 e. The molecule has 19 heteroatoms. The van der Waals surface area contributed by atoms with E-state index in [4.69, 9.17) is 28.4 Å². The van der Waals surface area contributed by atoms with Crippen LogP contribution in [0.3, 0.4) is 0 Å². The highest BCUT2D eigenvalue weighted by Crippen LogP contribution is 2.33. The number of aliphatic hydroxyl groups excluding tert-OH is 11. The summed E-state index contributed by atoms with van der Waals surface area (Å²) in [7, 11) is 0. The summed E-state index contributed by atoms with van der Waals surface area (Å²) in [5.41, 5.74) is 0. The van der Waals surface area contributed by atoms with Gasteiger partial charge in [-0.3, -0.25) is 4.79 Å². The standard InChI is InChI=1S/C60H113NO18/c1-3-5-7-9-11-13-15-17-18-19-20-21-22-23-24-26-28-30-32-34-36-38-48(66)61-43(44(65)37-35-33-31-29-27-25-16-14-12-10-8-6-4-2)42-74-58-54(72)51(69)56(46(40-63)76-58)79-60-55(73)52(70)57(47(41-64)77-60)78-59-53(71)50(68)49(67)45(39-62)75-59/h35,37,43-47,49-60,62-65,67-73H,3-34,36,38-42H2,1-2H3,(H,61,66)/b37-35-/t43-,44+,45+,46+,47+,49-,50-,51+,52+,53+,54+,55+,56+,57-,58+,59+,60-/m0/s1. The maximum atomic E-state index is 13.3. The van der Waals surface area contributed by atoms with Crippen LogP contribution in [0.15, 0.2) is 12.2 Å². The van der Waals surface area contributed by atoms with E-state index in [0.29, 0.717) is 6.42 Å². The monoisotopic (exact) mass is 1140 g/mol. The highest BCUT2D eigenvalue weighted by Gasteiger charge is 2.53. The van der Waals surface area contributed by atoms with Crippen LogP contribution in [0.1, 0.15) is 232 Å². The fourth-order valence-electron chi connectivity index (χ4n) is 10.9. The summed E-state index contributed by atoms with van der Waals surface area (Å²) in [5.74, 6) is -0.272. The predicted molar refractivity (Wildman–Crippen MR) is 300 cm³/mol. The number of ether oxygens (including phenoxy) is 6. The SMILES string of the molecule is CCCCCCCCCCCCC/C=C\[C@@H](O)[C@H](CO[C@@H]1O[C@H](CO)[C@@H](O[C@@H]2O[C@H](CO)[C@H](O[C@H]3O[C@H](CO)[C@H](O)[C@H](O)[C@H]3O)[C@H](O)[C@H]2O)[C@H](O)[C@H]1O)NC(=O)CCCCCCCCCCCCCCCCCCCCCCC. The van der Waals surface area contributed by atoms with Gasteiger partial charge in [0.25, 0.3) is 0 Å². The number of allylic oxidation sites excluding steroid dienone is 1. The van der Waals surface area contributed by atoms with E-state index < -0.39 is 124 Å². The van der Waals surface area contributed by atoms with Crippen molar-refractivity contribution in [2.24, 2.45) is 0 Å². The number of hydrogen-bond acceptors (Lipinski definition) is 18. The van der Waals surface area contributed by atoms with Gasteiger partial charge in [0.05, 0.1) is 38.6 Å². The Bertz CT molecular complexity index is 1500. The number of carbonyl (C=O) groups excluding carboxylic acids is 1. The van der Waals surface area contributed by atoms with Crippen molar-refractivity contribution >= 4 is 5.91 Å². The predicted octanol–water partition coefficient (Wildman–Crippen LogP) is 6.16. The number of unbranched alkanes of at least 4 members (excludes halogenated alkanes) is 31.